The summed E-state index contributed by atoms with van der Waals surface area (Å²) >= 11 is 3.30. The van der Waals surface area contributed by atoms with Crippen molar-refractivity contribution < 1.29 is 4.79 Å². The van der Waals surface area contributed by atoms with Gasteiger partial charge < -0.3 is 0 Å². The van der Waals surface area contributed by atoms with Crippen molar-refractivity contribution in [1.82, 2.24) is 4.98 Å². The fourth-order valence-electron chi connectivity index (χ4n) is 1.01. The quantitative estimate of drug-likeness (QED) is 0.757. The minimum absolute atomic E-state index is 0.162. The lowest BCUT2D eigenvalue weighted by Crippen LogP contribution is -2.00. The molecule has 0 aliphatic carbocycles. The molecule has 0 N–H and O–H groups in total. The number of ketones is 1. The molecule has 0 aliphatic heterocycles. The van der Waals surface area contributed by atoms with Crippen LogP contribution in [0.15, 0.2) is 35.6 Å². The van der Waals surface area contributed by atoms with Crippen molar-refractivity contribution in [2.75, 3.05) is 0 Å². The molecule has 0 radical (unpaired) electrons. The van der Waals surface area contributed by atoms with E-state index in [0.717, 1.165) is 10.0 Å². The third-order valence-electron chi connectivity index (χ3n) is 1.53. The molecule has 0 fully saturated rings. The van der Waals surface area contributed by atoms with Gasteiger partial charge in [0, 0.05) is 29.7 Å². The predicted molar refractivity (Wildman–Crippen MR) is 55.5 cm³/mol. The van der Waals surface area contributed by atoms with E-state index in [0.29, 0.717) is 12.8 Å². The molecule has 2 nitrogen and oxygen atoms in total. The summed E-state index contributed by atoms with van der Waals surface area (Å²) in [6, 6.07) is 1.90. The molecule has 1 heterocycles. The molecule has 0 amide bonds. The van der Waals surface area contributed by atoms with Crippen molar-refractivity contribution in [2.45, 2.75) is 12.8 Å². The van der Waals surface area contributed by atoms with Crippen LogP contribution in [0.2, 0.25) is 0 Å². The standard InChI is InChI=1S/C10H10BrNO/c1-2-3-10(13)5-8-4-9(11)7-12-6-8/h2,4,6-7H,1,3,5H2. The number of aromatic nitrogens is 1. The highest BCUT2D eigenvalue weighted by atomic mass is 79.9. The van der Waals surface area contributed by atoms with Crippen LogP contribution in [0.3, 0.4) is 0 Å². The summed E-state index contributed by atoms with van der Waals surface area (Å²) in [4.78, 5) is 15.2. The molecule has 0 spiro atoms. The summed E-state index contributed by atoms with van der Waals surface area (Å²) in [5, 5.41) is 0. The van der Waals surface area contributed by atoms with Crippen molar-refractivity contribution in [2.24, 2.45) is 0 Å². The van der Waals surface area contributed by atoms with E-state index >= 15 is 0 Å². The van der Waals surface area contributed by atoms with E-state index < -0.39 is 0 Å². The summed E-state index contributed by atoms with van der Waals surface area (Å²) in [6.07, 6.45) is 5.87. The summed E-state index contributed by atoms with van der Waals surface area (Å²) in [6.45, 7) is 3.51. The molecule has 0 saturated heterocycles. The second-order valence-electron chi connectivity index (χ2n) is 2.72. The average molecular weight is 240 g/mol. The maximum absolute atomic E-state index is 11.2. The highest BCUT2D eigenvalue weighted by Gasteiger charge is 2.01. The van der Waals surface area contributed by atoms with Gasteiger partial charge in [-0.2, -0.15) is 0 Å². The molecule has 3 heteroatoms. The molecule has 0 atom stereocenters. The number of rotatable bonds is 4. The Morgan fingerprint density at radius 3 is 3.00 bits per heavy atom. The minimum atomic E-state index is 0.162. The molecule has 68 valence electrons. The van der Waals surface area contributed by atoms with Crippen molar-refractivity contribution in [3.8, 4) is 0 Å². The number of Topliss-reactive ketones (excluding diaryl/α,β-unsaturated/α-hetero) is 1. The van der Waals surface area contributed by atoms with Crippen LogP contribution in [-0.4, -0.2) is 10.8 Å². The van der Waals surface area contributed by atoms with Crippen LogP contribution < -0.4 is 0 Å². The van der Waals surface area contributed by atoms with Gasteiger partial charge in [-0.05, 0) is 27.6 Å². The van der Waals surface area contributed by atoms with Crippen molar-refractivity contribution in [1.29, 1.82) is 0 Å². The minimum Gasteiger partial charge on any atom is -0.299 e. The lowest BCUT2D eigenvalue weighted by atomic mass is 10.1. The molecule has 0 bridgehead atoms. The summed E-state index contributed by atoms with van der Waals surface area (Å²) in [7, 11) is 0. The molecular weight excluding hydrogens is 230 g/mol. The topological polar surface area (TPSA) is 30.0 Å². The first-order chi connectivity index (χ1) is 6.22. The van der Waals surface area contributed by atoms with Crippen molar-refractivity contribution in [3.63, 3.8) is 0 Å². The Hall–Kier alpha value is -0.960. The van der Waals surface area contributed by atoms with Gasteiger partial charge in [0.05, 0.1) is 0 Å². The fraction of sp³-hybridized carbons (Fsp3) is 0.200. The van der Waals surface area contributed by atoms with Gasteiger partial charge in [0.1, 0.15) is 5.78 Å². The highest BCUT2D eigenvalue weighted by molar-refractivity contribution is 9.10. The number of carbonyl (C=O) groups is 1. The predicted octanol–water partition coefficient (Wildman–Crippen LogP) is 2.53. The van der Waals surface area contributed by atoms with Crippen LogP contribution in [0, 0.1) is 0 Å². The zero-order valence-electron chi connectivity index (χ0n) is 7.16. The van der Waals surface area contributed by atoms with E-state index in [4.69, 9.17) is 0 Å². The van der Waals surface area contributed by atoms with Crippen LogP contribution in [0.25, 0.3) is 0 Å². The zero-order valence-corrected chi connectivity index (χ0v) is 8.75. The lowest BCUT2D eigenvalue weighted by Gasteiger charge is -1.98. The van der Waals surface area contributed by atoms with E-state index in [1.807, 2.05) is 6.07 Å². The number of carbonyl (C=O) groups excluding carboxylic acids is 1. The van der Waals surface area contributed by atoms with Gasteiger partial charge in [-0.25, -0.2) is 0 Å². The third-order valence-corrected chi connectivity index (χ3v) is 1.97. The van der Waals surface area contributed by atoms with Gasteiger partial charge >= 0.3 is 0 Å². The Kier molecular flexibility index (Phi) is 3.83. The molecule has 1 aromatic heterocycles. The van der Waals surface area contributed by atoms with Gasteiger partial charge in [0.2, 0.25) is 0 Å². The third kappa shape index (κ3) is 3.51. The number of pyridine rings is 1. The molecule has 13 heavy (non-hydrogen) atoms. The molecule has 1 rings (SSSR count). The number of allylic oxidation sites excluding steroid dienone is 1. The number of halogens is 1. The van der Waals surface area contributed by atoms with Crippen LogP contribution in [0.5, 0.6) is 0 Å². The molecule has 0 aliphatic rings. The highest BCUT2D eigenvalue weighted by Crippen LogP contribution is 2.10. The Bertz CT molecular complexity index is 322. The zero-order chi connectivity index (χ0) is 9.68. The first-order valence-corrected chi connectivity index (χ1v) is 4.73. The second-order valence-corrected chi connectivity index (χ2v) is 3.64. The van der Waals surface area contributed by atoms with Crippen LogP contribution in [0.4, 0.5) is 0 Å². The Labute approximate surface area is 85.8 Å². The number of nitrogens with zero attached hydrogens (tertiary/aromatic N) is 1. The van der Waals surface area contributed by atoms with Crippen LogP contribution in [0.1, 0.15) is 12.0 Å². The largest absolute Gasteiger partial charge is 0.299 e. The van der Waals surface area contributed by atoms with Crippen LogP contribution >= 0.6 is 15.9 Å². The molecule has 1 aromatic rings. The van der Waals surface area contributed by atoms with E-state index in [-0.39, 0.29) is 5.78 Å². The van der Waals surface area contributed by atoms with Gasteiger partial charge in [-0.15, -0.1) is 6.58 Å². The molecule has 0 unspecified atom stereocenters. The maximum Gasteiger partial charge on any atom is 0.141 e. The summed E-state index contributed by atoms with van der Waals surface area (Å²) < 4.78 is 0.899. The van der Waals surface area contributed by atoms with Crippen LogP contribution in [-0.2, 0) is 11.2 Å². The first kappa shape index (κ1) is 10.1. The normalized spacial score (nSPS) is 9.62. The van der Waals surface area contributed by atoms with Gasteiger partial charge in [-0.1, -0.05) is 6.08 Å². The number of hydrogen-bond donors (Lipinski definition) is 0. The average Bonchev–Trinajstić information content (AvgIpc) is 2.04. The van der Waals surface area contributed by atoms with E-state index in [2.05, 4.69) is 27.5 Å². The van der Waals surface area contributed by atoms with E-state index in [1.54, 1.807) is 18.5 Å². The van der Waals surface area contributed by atoms with Gasteiger partial charge in [0.15, 0.2) is 0 Å². The molecule has 0 saturated carbocycles. The maximum atomic E-state index is 11.2. The smallest absolute Gasteiger partial charge is 0.141 e. The summed E-state index contributed by atoms with van der Waals surface area (Å²) in [5.41, 5.74) is 0.932. The van der Waals surface area contributed by atoms with E-state index in [9.17, 15) is 4.79 Å². The van der Waals surface area contributed by atoms with Crippen molar-refractivity contribution >= 4 is 21.7 Å². The Morgan fingerprint density at radius 2 is 2.38 bits per heavy atom. The second kappa shape index (κ2) is 4.92. The lowest BCUT2D eigenvalue weighted by molar-refractivity contribution is -0.117. The van der Waals surface area contributed by atoms with Gasteiger partial charge in [-0.3, -0.25) is 9.78 Å². The monoisotopic (exact) mass is 239 g/mol. The molecule has 0 aromatic carbocycles. The molecular formula is C10H10BrNO. The Balaban J connectivity index is 2.63. The van der Waals surface area contributed by atoms with Gasteiger partial charge in [0.25, 0.3) is 0 Å². The number of hydrogen-bond acceptors (Lipinski definition) is 2. The van der Waals surface area contributed by atoms with E-state index in [1.165, 1.54) is 0 Å². The summed E-state index contributed by atoms with van der Waals surface area (Å²) in [5.74, 6) is 0.162. The fourth-order valence-corrected chi connectivity index (χ4v) is 1.43. The van der Waals surface area contributed by atoms with Crippen molar-refractivity contribution in [3.05, 3.63) is 41.2 Å². The SMILES string of the molecule is C=CCC(=O)Cc1cncc(Br)c1. The Morgan fingerprint density at radius 1 is 1.62 bits per heavy atom. The first-order valence-electron chi connectivity index (χ1n) is 3.94.